The monoisotopic (exact) mass is 293 g/mol. The molecule has 0 bridgehead atoms. The Labute approximate surface area is 113 Å². The summed E-state index contributed by atoms with van der Waals surface area (Å²) in [7, 11) is 1.54. The lowest BCUT2D eigenvalue weighted by Gasteiger charge is -2.19. The highest BCUT2D eigenvalue weighted by Crippen LogP contribution is 2.28. The van der Waals surface area contributed by atoms with Crippen LogP contribution in [0, 0.1) is 0 Å². The van der Waals surface area contributed by atoms with Gasteiger partial charge in [-0.1, -0.05) is 0 Å². The number of aliphatic hydroxyl groups excluding tert-OH is 2. The minimum absolute atomic E-state index is 0.0297. The lowest BCUT2D eigenvalue weighted by atomic mass is 10.0. The first-order valence-corrected chi connectivity index (χ1v) is 5.63. The van der Waals surface area contributed by atoms with Crippen molar-refractivity contribution in [2.45, 2.75) is 18.6 Å². The number of carbonyl (C=O) groups is 1. The van der Waals surface area contributed by atoms with Gasteiger partial charge in [-0.15, -0.1) is 13.2 Å². The van der Waals surface area contributed by atoms with Crippen LogP contribution < -0.4 is 10.1 Å². The average molecular weight is 293 g/mol. The Morgan fingerprint density at radius 1 is 1.35 bits per heavy atom. The molecule has 0 amide bonds. The molecule has 8 heteroatoms. The second-order valence-corrected chi connectivity index (χ2v) is 4.07. The van der Waals surface area contributed by atoms with Gasteiger partial charge >= 0.3 is 6.36 Å². The van der Waals surface area contributed by atoms with E-state index in [1.54, 1.807) is 0 Å². The number of rotatable bonds is 6. The van der Waals surface area contributed by atoms with E-state index in [9.17, 15) is 28.2 Å². The second-order valence-electron chi connectivity index (χ2n) is 4.07. The molecular weight excluding hydrogens is 279 g/mol. The molecule has 2 atom stereocenters. The van der Waals surface area contributed by atoms with Crippen LogP contribution in [0.2, 0.25) is 0 Å². The van der Waals surface area contributed by atoms with E-state index >= 15 is 0 Å². The summed E-state index contributed by atoms with van der Waals surface area (Å²) in [5, 5.41) is 22.0. The van der Waals surface area contributed by atoms with Gasteiger partial charge in [-0.25, -0.2) is 0 Å². The third kappa shape index (κ3) is 4.80. The number of hydrogen-bond donors (Lipinski definition) is 3. The van der Waals surface area contributed by atoms with E-state index in [-0.39, 0.29) is 17.7 Å². The first kappa shape index (κ1) is 16.4. The summed E-state index contributed by atoms with van der Waals surface area (Å²) in [6.07, 6.45) is -7.27. The Hall–Kier alpha value is -1.64. The largest absolute Gasteiger partial charge is 0.573 e. The lowest BCUT2D eigenvalue weighted by Crippen LogP contribution is -2.29. The first-order chi connectivity index (χ1) is 9.26. The van der Waals surface area contributed by atoms with E-state index in [1.165, 1.54) is 13.1 Å². The van der Waals surface area contributed by atoms with Crippen LogP contribution in [0.1, 0.15) is 22.0 Å². The number of hydrogen-bond acceptors (Lipinski definition) is 5. The molecule has 0 heterocycles. The lowest BCUT2D eigenvalue weighted by molar-refractivity contribution is -0.274. The number of alkyl halides is 3. The average Bonchev–Trinajstić information content (AvgIpc) is 2.35. The molecule has 3 N–H and O–H groups in total. The SMILES string of the molecule is CNCC(O)C(O)c1cc(C=O)cc(OC(F)(F)F)c1. The molecule has 112 valence electrons. The topological polar surface area (TPSA) is 78.8 Å². The molecule has 0 saturated carbocycles. The minimum atomic E-state index is -4.91. The van der Waals surface area contributed by atoms with Gasteiger partial charge in [0, 0.05) is 12.1 Å². The zero-order valence-corrected chi connectivity index (χ0v) is 10.5. The molecule has 1 aromatic carbocycles. The number of aliphatic hydroxyl groups is 2. The van der Waals surface area contributed by atoms with E-state index < -0.39 is 24.3 Å². The van der Waals surface area contributed by atoms with Crippen LogP contribution in [-0.2, 0) is 0 Å². The third-order valence-electron chi connectivity index (χ3n) is 2.44. The van der Waals surface area contributed by atoms with Gasteiger partial charge in [0.25, 0.3) is 0 Å². The zero-order valence-electron chi connectivity index (χ0n) is 10.5. The summed E-state index contributed by atoms with van der Waals surface area (Å²) < 4.78 is 40.2. The Morgan fingerprint density at radius 3 is 2.50 bits per heavy atom. The molecule has 0 aromatic heterocycles. The van der Waals surface area contributed by atoms with Crippen molar-refractivity contribution in [3.8, 4) is 5.75 Å². The third-order valence-corrected chi connectivity index (χ3v) is 2.44. The Kier molecular flexibility index (Phi) is 5.49. The maximum Gasteiger partial charge on any atom is 0.573 e. The highest BCUT2D eigenvalue weighted by molar-refractivity contribution is 5.76. The van der Waals surface area contributed by atoms with Crippen molar-refractivity contribution in [2.24, 2.45) is 0 Å². The molecule has 0 aliphatic carbocycles. The van der Waals surface area contributed by atoms with Crippen LogP contribution in [-0.4, -0.2) is 42.6 Å². The van der Waals surface area contributed by atoms with Gasteiger partial charge in [-0.05, 0) is 30.8 Å². The number of ether oxygens (including phenoxy) is 1. The van der Waals surface area contributed by atoms with Gasteiger partial charge in [0.1, 0.15) is 18.1 Å². The quantitative estimate of drug-likeness (QED) is 0.682. The van der Waals surface area contributed by atoms with Crippen LogP contribution in [0.5, 0.6) is 5.75 Å². The van der Waals surface area contributed by atoms with Crippen molar-refractivity contribution in [1.82, 2.24) is 5.32 Å². The Balaban J connectivity index is 3.07. The number of benzene rings is 1. The van der Waals surface area contributed by atoms with Crippen LogP contribution in [0.4, 0.5) is 13.2 Å². The Morgan fingerprint density at radius 2 is 2.00 bits per heavy atom. The van der Waals surface area contributed by atoms with Crippen molar-refractivity contribution >= 4 is 6.29 Å². The van der Waals surface area contributed by atoms with Crippen molar-refractivity contribution in [3.63, 3.8) is 0 Å². The van der Waals surface area contributed by atoms with E-state index in [0.29, 0.717) is 6.29 Å². The molecule has 0 radical (unpaired) electrons. The van der Waals surface area contributed by atoms with E-state index in [2.05, 4.69) is 10.1 Å². The van der Waals surface area contributed by atoms with Gasteiger partial charge in [0.2, 0.25) is 0 Å². The number of likely N-dealkylation sites (N-methyl/N-ethyl adjacent to an activating group) is 1. The standard InChI is InChI=1S/C12H14F3NO4/c1-16-5-10(18)11(19)8-2-7(6-17)3-9(4-8)20-12(13,14)15/h2-4,6,10-11,16,18-19H,5H2,1H3. The van der Waals surface area contributed by atoms with Gasteiger partial charge < -0.3 is 20.3 Å². The molecule has 0 saturated heterocycles. The van der Waals surface area contributed by atoms with Crippen molar-refractivity contribution in [1.29, 1.82) is 0 Å². The van der Waals surface area contributed by atoms with E-state index in [0.717, 1.165) is 12.1 Å². The minimum Gasteiger partial charge on any atom is -0.406 e. The zero-order chi connectivity index (χ0) is 15.3. The van der Waals surface area contributed by atoms with Gasteiger partial charge in [-0.3, -0.25) is 4.79 Å². The summed E-state index contributed by atoms with van der Waals surface area (Å²) in [6, 6.07) is 2.99. The number of aldehydes is 1. The Bertz CT molecular complexity index is 465. The first-order valence-electron chi connectivity index (χ1n) is 5.63. The van der Waals surface area contributed by atoms with Crippen LogP contribution in [0.25, 0.3) is 0 Å². The molecular formula is C12H14F3NO4. The van der Waals surface area contributed by atoms with E-state index in [4.69, 9.17) is 0 Å². The second kappa shape index (κ2) is 6.69. The molecule has 1 aromatic rings. The fraction of sp³-hybridized carbons (Fsp3) is 0.417. The highest BCUT2D eigenvalue weighted by atomic mass is 19.4. The van der Waals surface area contributed by atoms with E-state index in [1.807, 2.05) is 0 Å². The number of carbonyl (C=O) groups excluding carboxylic acids is 1. The van der Waals surface area contributed by atoms with Gasteiger partial charge in [-0.2, -0.15) is 0 Å². The molecule has 1 rings (SSSR count). The summed E-state index contributed by atoms with van der Waals surface area (Å²) in [6.45, 7) is 0.0297. The molecule has 2 unspecified atom stereocenters. The van der Waals surface area contributed by atoms with Crippen molar-refractivity contribution < 1.29 is 32.9 Å². The molecule has 0 aliphatic rings. The molecule has 0 aliphatic heterocycles. The fourth-order valence-corrected chi connectivity index (χ4v) is 1.62. The normalized spacial score (nSPS) is 14.7. The maximum absolute atomic E-state index is 12.2. The van der Waals surface area contributed by atoms with Crippen LogP contribution >= 0.6 is 0 Å². The summed E-state index contributed by atoms with van der Waals surface area (Å²) in [4.78, 5) is 10.7. The van der Waals surface area contributed by atoms with Gasteiger partial charge in [0.05, 0.1) is 6.10 Å². The summed E-state index contributed by atoms with van der Waals surface area (Å²) >= 11 is 0. The summed E-state index contributed by atoms with van der Waals surface area (Å²) in [5.74, 6) is -0.632. The molecule has 20 heavy (non-hydrogen) atoms. The smallest absolute Gasteiger partial charge is 0.406 e. The predicted octanol–water partition coefficient (Wildman–Crippen LogP) is 1.01. The fourth-order valence-electron chi connectivity index (χ4n) is 1.62. The summed E-state index contributed by atoms with van der Waals surface area (Å²) in [5.41, 5.74) is -0.144. The van der Waals surface area contributed by atoms with Gasteiger partial charge in [0.15, 0.2) is 0 Å². The molecule has 0 spiro atoms. The van der Waals surface area contributed by atoms with Crippen molar-refractivity contribution in [2.75, 3.05) is 13.6 Å². The number of halogens is 3. The maximum atomic E-state index is 12.2. The van der Waals surface area contributed by atoms with Crippen LogP contribution in [0.15, 0.2) is 18.2 Å². The highest BCUT2D eigenvalue weighted by Gasteiger charge is 2.31. The molecule has 5 nitrogen and oxygen atoms in total. The van der Waals surface area contributed by atoms with Crippen molar-refractivity contribution in [3.05, 3.63) is 29.3 Å². The predicted molar refractivity (Wildman–Crippen MR) is 63.4 cm³/mol. The van der Waals surface area contributed by atoms with Crippen LogP contribution in [0.3, 0.4) is 0 Å². The molecule has 0 fully saturated rings. The number of nitrogens with one attached hydrogen (secondary N) is 1.